The summed E-state index contributed by atoms with van der Waals surface area (Å²) in [6, 6.07) is 14.8. The van der Waals surface area contributed by atoms with Gasteiger partial charge in [0, 0.05) is 18.8 Å². The number of nitrogens with zero attached hydrogens (tertiary/aromatic N) is 1. The van der Waals surface area contributed by atoms with Crippen LogP contribution in [0.2, 0.25) is 0 Å². The second-order valence-electron chi connectivity index (χ2n) is 7.15. The lowest BCUT2D eigenvalue weighted by molar-refractivity contribution is 0.0994. The number of hydrogen-bond acceptors (Lipinski definition) is 6. The summed E-state index contributed by atoms with van der Waals surface area (Å²) >= 11 is 0. The fraction of sp³-hybridized carbons (Fsp3) is 0.227. The summed E-state index contributed by atoms with van der Waals surface area (Å²) in [4.78, 5) is 12.7. The minimum absolute atomic E-state index is 0.00643. The van der Waals surface area contributed by atoms with E-state index in [9.17, 15) is 13.2 Å². The SMILES string of the molecule is Cc1ccc(S(=O)(=O)N(C)Cc2ccc(C(=O)Nc3ccc4c(c3)OCCO4)o2)cc1. The number of amides is 1. The lowest BCUT2D eigenvalue weighted by Crippen LogP contribution is -2.26. The number of carbonyl (C=O) groups excluding carboxylic acids is 1. The molecule has 31 heavy (non-hydrogen) atoms. The maximum Gasteiger partial charge on any atom is 0.291 e. The first kappa shape index (κ1) is 21.0. The molecule has 0 bridgehead atoms. The van der Waals surface area contributed by atoms with Gasteiger partial charge < -0.3 is 19.2 Å². The van der Waals surface area contributed by atoms with Crippen molar-refractivity contribution in [3.05, 3.63) is 71.7 Å². The minimum atomic E-state index is -3.68. The molecular weight excluding hydrogens is 420 g/mol. The third-order valence-corrected chi connectivity index (χ3v) is 6.61. The average molecular weight is 442 g/mol. The van der Waals surface area contributed by atoms with Crippen LogP contribution in [0.3, 0.4) is 0 Å². The van der Waals surface area contributed by atoms with E-state index in [1.165, 1.54) is 17.4 Å². The maximum atomic E-state index is 12.7. The van der Waals surface area contributed by atoms with Crippen LogP contribution in [-0.4, -0.2) is 38.9 Å². The third-order valence-electron chi connectivity index (χ3n) is 4.79. The number of nitrogens with one attached hydrogen (secondary N) is 1. The highest BCUT2D eigenvalue weighted by Gasteiger charge is 2.23. The zero-order valence-corrected chi connectivity index (χ0v) is 17.9. The standard InChI is InChI=1S/C22H22N2O6S/c1-15-3-7-18(8-4-15)31(26,27)24(2)14-17-6-10-20(30-17)22(25)23-16-5-9-19-21(13-16)29-12-11-28-19/h3-10,13H,11-12,14H2,1-2H3,(H,23,25). The van der Waals surface area contributed by atoms with Crippen molar-refractivity contribution in [2.24, 2.45) is 0 Å². The maximum absolute atomic E-state index is 12.7. The summed E-state index contributed by atoms with van der Waals surface area (Å²) in [5, 5.41) is 2.74. The van der Waals surface area contributed by atoms with Crippen molar-refractivity contribution in [3.8, 4) is 11.5 Å². The van der Waals surface area contributed by atoms with Crippen molar-refractivity contribution in [2.45, 2.75) is 18.4 Å². The lowest BCUT2D eigenvalue weighted by Gasteiger charge is -2.18. The molecule has 0 spiro atoms. The smallest absolute Gasteiger partial charge is 0.291 e. The molecule has 3 aromatic rings. The number of benzene rings is 2. The summed E-state index contributed by atoms with van der Waals surface area (Å²) in [5.74, 6) is 1.16. The first-order valence-electron chi connectivity index (χ1n) is 9.66. The Bertz CT molecular complexity index is 1200. The van der Waals surface area contributed by atoms with Gasteiger partial charge in [-0.05, 0) is 43.3 Å². The molecule has 1 aliphatic rings. The van der Waals surface area contributed by atoms with Gasteiger partial charge in [0.15, 0.2) is 17.3 Å². The van der Waals surface area contributed by atoms with Gasteiger partial charge in [-0.1, -0.05) is 17.7 Å². The molecule has 162 valence electrons. The minimum Gasteiger partial charge on any atom is -0.486 e. The van der Waals surface area contributed by atoms with Crippen LogP contribution in [0.25, 0.3) is 0 Å². The number of anilines is 1. The molecule has 0 unspecified atom stereocenters. The van der Waals surface area contributed by atoms with E-state index in [2.05, 4.69) is 5.32 Å². The summed E-state index contributed by atoms with van der Waals surface area (Å²) < 4.78 is 43.2. The van der Waals surface area contributed by atoms with Gasteiger partial charge in [-0.15, -0.1) is 0 Å². The van der Waals surface area contributed by atoms with Crippen LogP contribution in [-0.2, 0) is 16.6 Å². The molecular formula is C22H22N2O6S. The number of hydrogen-bond donors (Lipinski definition) is 1. The highest BCUT2D eigenvalue weighted by molar-refractivity contribution is 7.89. The molecule has 4 rings (SSSR count). The Labute approximate surface area is 180 Å². The fourth-order valence-corrected chi connectivity index (χ4v) is 4.23. The number of rotatable bonds is 6. The van der Waals surface area contributed by atoms with Gasteiger partial charge in [-0.2, -0.15) is 4.31 Å². The summed E-state index contributed by atoms with van der Waals surface area (Å²) in [6.07, 6.45) is 0. The van der Waals surface area contributed by atoms with Gasteiger partial charge in [0.25, 0.3) is 5.91 Å². The second kappa shape index (κ2) is 8.44. The zero-order chi connectivity index (χ0) is 22.0. The van der Waals surface area contributed by atoms with Gasteiger partial charge >= 0.3 is 0 Å². The van der Waals surface area contributed by atoms with Crippen LogP contribution in [0.1, 0.15) is 21.9 Å². The quantitative estimate of drug-likeness (QED) is 0.628. The number of ether oxygens (including phenoxy) is 2. The molecule has 0 radical (unpaired) electrons. The Morgan fingerprint density at radius 1 is 1.00 bits per heavy atom. The van der Waals surface area contributed by atoms with Crippen LogP contribution in [0.4, 0.5) is 5.69 Å². The van der Waals surface area contributed by atoms with E-state index < -0.39 is 15.9 Å². The molecule has 0 aliphatic carbocycles. The Kier molecular flexibility index (Phi) is 5.71. The molecule has 1 aromatic heterocycles. The van der Waals surface area contributed by atoms with E-state index >= 15 is 0 Å². The Balaban J connectivity index is 1.43. The number of carbonyl (C=O) groups is 1. The fourth-order valence-electron chi connectivity index (χ4n) is 3.09. The number of fused-ring (bicyclic) bond motifs is 1. The van der Waals surface area contributed by atoms with E-state index in [4.69, 9.17) is 13.9 Å². The van der Waals surface area contributed by atoms with Crippen molar-refractivity contribution in [2.75, 3.05) is 25.6 Å². The Morgan fingerprint density at radius 2 is 1.71 bits per heavy atom. The Hall–Kier alpha value is -3.30. The third kappa shape index (κ3) is 4.57. The predicted octanol–water partition coefficient (Wildman–Crippen LogP) is 3.43. The molecule has 0 atom stereocenters. The van der Waals surface area contributed by atoms with Crippen molar-refractivity contribution in [1.82, 2.24) is 4.31 Å². The first-order chi connectivity index (χ1) is 14.8. The molecule has 9 heteroatoms. The summed E-state index contributed by atoms with van der Waals surface area (Å²) in [5.41, 5.74) is 1.51. The highest BCUT2D eigenvalue weighted by Crippen LogP contribution is 2.32. The van der Waals surface area contributed by atoms with Gasteiger partial charge in [0.05, 0.1) is 11.4 Å². The molecule has 2 aromatic carbocycles. The van der Waals surface area contributed by atoms with E-state index in [1.807, 2.05) is 6.92 Å². The lowest BCUT2D eigenvalue weighted by atomic mass is 10.2. The molecule has 2 heterocycles. The normalized spacial score (nSPS) is 13.3. The van der Waals surface area contributed by atoms with E-state index in [0.717, 1.165) is 5.56 Å². The van der Waals surface area contributed by atoms with Gasteiger partial charge in [-0.25, -0.2) is 8.42 Å². The average Bonchev–Trinajstić information content (AvgIpc) is 3.22. The molecule has 1 N–H and O–H groups in total. The van der Waals surface area contributed by atoms with Crippen LogP contribution in [0, 0.1) is 6.92 Å². The molecule has 1 aliphatic heterocycles. The molecule has 0 saturated heterocycles. The summed E-state index contributed by atoms with van der Waals surface area (Å²) in [7, 11) is -2.21. The number of sulfonamides is 1. The highest BCUT2D eigenvalue weighted by atomic mass is 32.2. The van der Waals surface area contributed by atoms with Crippen molar-refractivity contribution in [3.63, 3.8) is 0 Å². The molecule has 8 nitrogen and oxygen atoms in total. The summed E-state index contributed by atoms with van der Waals surface area (Å²) in [6.45, 7) is 2.82. The van der Waals surface area contributed by atoms with E-state index in [0.29, 0.717) is 36.2 Å². The topological polar surface area (TPSA) is 98.1 Å². The first-order valence-corrected chi connectivity index (χ1v) is 11.1. The second-order valence-corrected chi connectivity index (χ2v) is 9.20. The monoisotopic (exact) mass is 442 g/mol. The number of aryl methyl sites for hydroxylation is 1. The zero-order valence-electron chi connectivity index (χ0n) is 17.1. The molecule has 0 fully saturated rings. The molecule has 0 saturated carbocycles. The molecule has 1 amide bonds. The van der Waals surface area contributed by atoms with Crippen LogP contribution >= 0.6 is 0 Å². The van der Waals surface area contributed by atoms with Crippen molar-refractivity contribution >= 4 is 21.6 Å². The van der Waals surface area contributed by atoms with Crippen molar-refractivity contribution in [1.29, 1.82) is 0 Å². The van der Waals surface area contributed by atoms with Gasteiger partial charge in [-0.3, -0.25) is 4.79 Å². The van der Waals surface area contributed by atoms with Crippen LogP contribution < -0.4 is 14.8 Å². The van der Waals surface area contributed by atoms with Crippen LogP contribution in [0.5, 0.6) is 11.5 Å². The van der Waals surface area contributed by atoms with Crippen LogP contribution in [0.15, 0.2) is 63.9 Å². The van der Waals surface area contributed by atoms with Gasteiger partial charge in [0.2, 0.25) is 10.0 Å². The van der Waals surface area contributed by atoms with Gasteiger partial charge in [0.1, 0.15) is 19.0 Å². The van der Waals surface area contributed by atoms with E-state index in [1.54, 1.807) is 48.5 Å². The largest absolute Gasteiger partial charge is 0.486 e. The predicted molar refractivity (Wildman–Crippen MR) is 114 cm³/mol. The Morgan fingerprint density at radius 3 is 2.45 bits per heavy atom. The van der Waals surface area contributed by atoms with Crippen molar-refractivity contribution < 1.29 is 27.1 Å². The van der Waals surface area contributed by atoms with E-state index in [-0.39, 0.29) is 17.2 Å². The number of furan rings is 1.